The highest BCUT2D eigenvalue weighted by Gasteiger charge is 2.19. The number of ether oxygens (including phenoxy) is 1. The number of nitrogens with zero attached hydrogens (tertiary/aromatic N) is 2. The van der Waals surface area contributed by atoms with E-state index < -0.39 is 24.0 Å². The molecule has 0 saturated heterocycles. The van der Waals surface area contributed by atoms with Crippen LogP contribution in [-0.2, 0) is 16.1 Å². The molecule has 1 aromatic heterocycles. The normalized spacial score (nSPS) is 11.8. The lowest BCUT2D eigenvalue weighted by Crippen LogP contribution is -2.32. The first kappa shape index (κ1) is 20.2. The third-order valence-electron chi connectivity index (χ3n) is 4.38. The standard InChI is InChI=1S/C21H21N3O5/c1-14(15-7-3-2-4-8-15)22-18(26)13-29-21(28)19-16-9-5-6-10-17(16)20(27)24(23-19)11-12-25/h2-10,14,25H,11-13H2,1H3,(H,22,26)/t14-/m0/s1. The Labute approximate surface area is 166 Å². The molecule has 3 aromatic rings. The van der Waals surface area contributed by atoms with Crippen molar-refractivity contribution in [3.05, 3.63) is 76.2 Å². The van der Waals surface area contributed by atoms with Gasteiger partial charge >= 0.3 is 5.97 Å². The number of amides is 1. The first-order valence-corrected chi connectivity index (χ1v) is 9.13. The Morgan fingerprint density at radius 1 is 1.10 bits per heavy atom. The number of benzene rings is 2. The number of hydrogen-bond donors (Lipinski definition) is 2. The van der Waals surface area contributed by atoms with Crippen molar-refractivity contribution in [1.82, 2.24) is 15.1 Å². The Kier molecular flexibility index (Phi) is 6.36. The molecule has 29 heavy (non-hydrogen) atoms. The number of carbonyl (C=O) groups excluding carboxylic acids is 2. The zero-order chi connectivity index (χ0) is 20.8. The molecule has 0 aliphatic carbocycles. The Morgan fingerprint density at radius 3 is 2.45 bits per heavy atom. The van der Waals surface area contributed by atoms with Crippen molar-refractivity contribution in [2.45, 2.75) is 19.5 Å². The number of esters is 1. The summed E-state index contributed by atoms with van der Waals surface area (Å²) in [7, 11) is 0. The highest BCUT2D eigenvalue weighted by molar-refractivity contribution is 6.02. The zero-order valence-corrected chi connectivity index (χ0v) is 15.9. The van der Waals surface area contributed by atoms with Gasteiger partial charge in [0.2, 0.25) is 0 Å². The van der Waals surface area contributed by atoms with Crippen LogP contribution < -0.4 is 10.9 Å². The minimum atomic E-state index is -0.824. The summed E-state index contributed by atoms with van der Waals surface area (Å²) in [6.45, 7) is 0.985. The van der Waals surface area contributed by atoms with Gasteiger partial charge in [0.25, 0.3) is 11.5 Å². The summed E-state index contributed by atoms with van der Waals surface area (Å²) in [6, 6.07) is 15.6. The van der Waals surface area contributed by atoms with E-state index in [2.05, 4.69) is 10.4 Å². The van der Waals surface area contributed by atoms with Crippen LogP contribution in [-0.4, -0.2) is 40.0 Å². The third-order valence-corrected chi connectivity index (χ3v) is 4.38. The smallest absolute Gasteiger partial charge is 0.359 e. The maximum atomic E-state index is 12.5. The number of hydrogen-bond acceptors (Lipinski definition) is 6. The summed E-state index contributed by atoms with van der Waals surface area (Å²) in [5, 5.41) is 16.5. The quantitative estimate of drug-likeness (QED) is 0.586. The predicted molar refractivity (Wildman–Crippen MR) is 106 cm³/mol. The van der Waals surface area contributed by atoms with Crippen LogP contribution in [0.4, 0.5) is 0 Å². The number of nitrogens with one attached hydrogen (secondary N) is 1. The summed E-state index contributed by atoms with van der Waals surface area (Å²) in [4.78, 5) is 37.1. The van der Waals surface area contributed by atoms with E-state index in [1.165, 1.54) is 0 Å². The Morgan fingerprint density at radius 2 is 1.76 bits per heavy atom. The van der Waals surface area contributed by atoms with E-state index in [4.69, 9.17) is 9.84 Å². The van der Waals surface area contributed by atoms with Gasteiger partial charge < -0.3 is 15.2 Å². The SMILES string of the molecule is C[C@H](NC(=O)COC(=O)c1nn(CCO)c(=O)c2ccccc12)c1ccccc1. The fraction of sp³-hybridized carbons (Fsp3) is 0.238. The van der Waals surface area contributed by atoms with Gasteiger partial charge in [-0.3, -0.25) is 9.59 Å². The minimum Gasteiger partial charge on any atom is -0.451 e. The summed E-state index contributed by atoms with van der Waals surface area (Å²) in [5.74, 6) is -1.28. The van der Waals surface area contributed by atoms with Crippen molar-refractivity contribution < 1.29 is 19.4 Å². The molecule has 0 aliphatic rings. The summed E-state index contributed by atoms with van der Waals surface area (Å²) >= 11 is 0. The minimum absolute atomic E-state index is 0.0565. The molecule has 2 N–H and O–H groups in total. The van der Waals surface area contributed by atoms with Crippen molar-refractivity contribution in [2.24, 2.45) is 0 Å². The van der Waals surface area contributed by atoms with Crippen LogP contribution in [0.15, 0.2) is 59.4 Å². The fourth-order valence-corrected chi connectivity index (χ4v) is 2.94. The first-order chi connectivity index (χ1) is 14.0. The Bertz CT molecular complexity index is 1080. The molecular formula is C21H21N3O5. The fourth-order valence-electron chi connectivity index (χ4n) is 2.94. The summed E-state index contributed by atoms with van der Waals surface area (Å²) < 4.78 is 6.13. The highest BCUT2D eigenvalue weighted by Crippen LogP contribution is 2.15. The van der Waals surface area contributed by atoms with Gasteiger partial charge in [-0.25, -0.2) is 9.48 Å². The van der Waals surface area contributed by atoms with E-state index in [0.29, 0.717) is 5.39 Å². The molecular weight excluding hydrogens is 374 g/mol. The molecule has 0 spiro atoms. The van der Waals surface area contributed by atoms with Crippen LogP contribution in [0.1, 0.15) is 29.0 Å². The Balaban J connectivity index is 1.74. The topological polar surface area (TPSA) is 111 Å². The average molecular weight is 395 g/mol. The van der Waals surface area contributed by atoms with Gasteiger partial charge in [0.05, 0.1) is 24.6 Å². The van der Waals surface area contributed by atoms with Gasteiger partial charge in [0.15, 0.2) is 12.3 Å². The molecule has 1 heterocycles. The van der Waals surface area contributed by atoms with Crippen molar-refractivity contribution in [2.75, 3.05) is 13.2 Å². The number of aromatic nitrogens is 2. The van der Waals surface area contributed by atoms with Gasteiger partial charge in [-0.2, -0.15) is 5.10 Å². The molecule has 0 saturated carbocycles. The lowest BCUT2D eigenvalue weighted by Gasteiger charge is -2.14. The molecule has 0 aliphatic heterocycles. The van der Waals surface area contributed by atoms with Crippen LogP contribution in [0.3, 0.4) is 0 Å². The van der Waals surface area contributed by atoms with Crippen LogP contribution in [0.2, 0.25) is 0 Å². The van der Waals surface area contributed by atoms with Crippen LogP contribution >= 0.6 is 0 Å². The van der Waals surface area contributed by atoms with Gasteiger partial charge in [-0.15, -0.1) is 0 Å². The maximum Gasteiger partial charge on any atom is 0.359 e. The van der Waals surface area contributed by atoms with Crippen LogP contribution in [0.5, 0.6) is 0 Å². The van der Waals surface area contributed by atoms with Crippen LogP contribution in [0, 0.1) is 0 Å². The van der Waals surface area contributed by atoms with E-state index in [1.54, 1.807) is 24.3 Å². The number of aliphatic hydroxyl groups excluding tert-OH is 1. The zero-order valence-electron chi connectivity index (χ0n) is 15.9. The molecule has 0 radical (unpaired) electrons. The molecule has 0 fully saturated rings. The number of carbonyl (C=O) groups is 2. The summed E-state index contributed by atoms with van der Waals surface area (Å²) in [6.07, 6.45) is 0. The molecule has 1 atom stereocenters. The van der Waals surface area contributed by atoms with E-state index in [0.717, 1.165) is 10.2 Å². The number of rotatable bonds is 7. The van der Waals surface area contributed by atoms with E-state index in [1.807, 2.05) is 37.3 Å². The largest absolute Gasteiger partial charge is 0.451 e. The van der Waals surface area contributed by atoms with Gasteiger partial charge in [-0.05, 0) is 18.6 Å². The van der Waals surface area contributed by atoms with Crippen LogP contribution in [0.25, 0.3) is 10.8 Å². The number of fused-ring (bicyclic) bond motifs is 1. The molecule has 2 aromatic carbocycles. The molecule has 1 amide bonds. The Hall–Kier alpha value is -3.52. The first-order valence-electron chi connectivity index (χ1n) is 9.13. The second kappa shape index (κ2) is 9.11. The van der Waals surface area contributed by atoms with E-state index in [-0.39, 0.29) is 30.3 Å². The predicted octanol–water partition coefficient (Wildman–Crippen LogP) is 1.42. The average Bonchev–Trinajstić information content (AvgIpc) is 2.74. The van der Waals surface area contributed by atoms with Crippen molar-refractivity contribution >= 4 is 22.6 Å². The molecule has 0 bridgehead atoms. The molecule has 0 unspecified atom stereocenters. The molecule has 8 nitrogen and oxygen atoms in total. The van der Waals surface area contributed by atoms with Gasteiger partial charge in [0, 0.05) is 5.39 Å². The highest BCUT2D eigenvalue weighted by atomic mass is 16.5. The number of aliphatic hydroxyl groups is 1. The maximum absolute atomic E-state index is 12.5. The van der Waals surface area contributed by atoms with Crippen molar-refractivity contribution in [3.63, 3.8) is 0 Å². The molecule has 8 heteroatoms. The molecule has 150 valence electrons. The second-order valence-corrected chi connectivity index (χ2v) is 6.42. The van der Waals surface area contributed by atoms with Crippen molar-refractivity contribution in [3.8, 4) is 0 Å². The van der Waals surface area contributed by atoms with E-state index >= 15 is 0 Å². The third kappa shape index (κ3) is 4.67. The molecule has 3 rings (SSSR count). The lowest BCUT2D eigenvalue weighted by molar-refractivity contribution is -0.124. The lowest BCUT2D eigenvalue weighted by atomic mass is 10.1. The summed E-state index contributed by atoms with van der Waals surface area (Å²) in [5.41, 5.74) is 0.425. The monoisotopic (exact) mass is 395 g/mol. The van der Waals surface area contributed by atoms with Crippen molar-refractivity contribution in [1.29, 1.82) is 0 Å². The van der Waals surface area contributed by atoms with E-state index in [9.17, 15) is 14.4 Å². The van der Waals surface area contributed by atoms with Gasteiger partial charge in [-0.1, -0.05) is 48.5 Å². The van der Waals surface area contributed by atoms with Gasteiger partial charge in [0.1, 0.15) is 0 Å². The second-order valence-electron chi connectivity index (χ2n) is 6.42.